The number of aryl methyl sites for hydroxylation is 1. The predicted molar refractivity (Wildman–Crippen MR) is 77.6 cm³/mol. The Bertz CT molecular complexity index is 754. The number of amides is 3. The third kappa shape index (κ3) is 4.22. The van der Waals surface area contributed by atoms with Gasteiger partial charge in [-0.2, -0.15) is 4.98 Å². The topological polar surface area (TPSA) is 128 Å². The number of carbonyl (C=O) groups is 3. The van der Waals surface area contributed by atoms with Crippen LogP contribution in [0.4, 0.5) is 4.79 Å². The van der Waals surface area contributed by atoms with Crippen molar-refractivity contribution in [3.8, 4) is 0 Å². The Hall–Kier alpha value is -3.04. The van der Waals surface area contributed by atoms with Gasteiger partial charge in [-0.1, -0.05) is 0 Å². The highest BCUT2D eigenvalue weighted by Crippen LogP contribution is 2.03. The van der Waals surface area contributed by atoms with Gasteiger partial charge in [-0.3, -0.25) is 10.1 Å². The fraction of sp³-hybridized carbons (Fsp3) is 0.385. The number of hydrogen-bond donors (Lipinski definition) is 2. The molecule has 0 bridgehead atoms. The number of ether oxygens (including phenoxy) is 1. The molecule has 2 heterocycles. The number of fused-ring (bicyclic) bond motifs is 1. The second kappa shape index (κ2) is 6.81. The maximum atomic E-state index is 11.8. The van der Waals surface area contributed by atoms with Crippen molar-refractivity contribution < 1.29 is 19.1 Å². The molecular weight excluding hydrogens is 304 g/mol. The maximum absolute atomic E-state index is 11.8. The van der Waals surface area contributed by atoms with Crippen LogP contribution in [0.5, 0.6) is 0 Å². The number of rotatable bonds is 4. The molecular formula is C13H16N6O4. The van der Waals surface area contributed by atoms with Crippen molar-refractivity contribution in [1.29, 1.82) is 0 Å². The van der Waals surface area contributed by atoms with Crippen LogP contribution in [0.15, 0.2) is 12.3 Å². The van der Waals surface area contributed by atoms with Gasteiger partial charge in [0, 0.05) is 17.9 Å². The van der Waals surface area contributed by atoms with Gasteiger partial charge in [-0.05, 0) is 26.8 Å². The number of aromatic nitrogens is 4. The molecule has 0 atom stereocenters. The van der Waals surface area contributed by atoms with Gasteiger partial charge < -0.3 is 10.1 Å². The summed E-state index contributed by atoms with van der Waals surface area (Å²) in [6.07, 6.45) is 1.54. The lowest BCUT2D eigenvalue weighted by Gasteiger charge is -2.08. The van der Waals surface area contributed by atoms with Crippen LogP contribution in [-0.2, 0) is 9.53 Å². The minimum Gasteiger partial charge on any atom is -0.450 e. The van der Waals surface area contributed by atoms with Crippen molar-refractivity contribution in [2.75, 3.05) is 6.61 Å². The lowest BCUT2D eigenvalue weighted by atomic mass is 10.4. The van der Waals surface area contributed by atoms with Gasteiger partial charge in [0.15, 0.2) is 6.61 Å². The fourth-order valence-electron chi connectivity index (χ4n) is 1.65. The minimum absolute atomic E-state index is 0.122. The molecule has 2 N–H and O–H groups in total. The van der Waals surface area contributed by atoms with Crippen molar-refractivity contribution in [3.63, 3.8) is 0 Å². The molecule has 23 heavy (non-hydrogen) atoms. The van der Waals surface area contributed by atoms with E-state index < -0.39 is 24.5 Å². The number of imide groups is 1. The molecule has 0 aliphatic carbocycles. The van der Waals surface area contributed by atoms with Crippen LogP contribution in [0.3, 0.4) is 0 Å². The summed E-state index contributed by atoms with van der Waals surface area (Å²) in [7, 11) is 0. The Balaban J connectivity index is 1.92. The average Bonchev–Trinajstić information content (AvgIpc) is 2.89. The number of hydrogen-bond acceptors (Lipinski definition) is 7. The molecule has 2 rings (SSSR count). The Labute approximate surface area is 131 Å². The third-order valence-corrected chi connectivity index (χ3v) is 2.62. The number of nitrogens with one attached hydrogen (secondary N) is 2. The molecule has 3 amide bonds. The lowest BCUT2D eigenvalue weighted by molar-refractivity contribution is -0.123. The first-order chi connectivity index (χ1) is 10.9. The van der Waals surface area contributed by atoms with Gasteiger partial charge in [0.05, 0.1) is 0 Å². The quantitative estimate of drug-likeness (QED) is 0.748. The average molecular weight is 320 g/mol. The van der Waals surface area contributed by atoms with Crippen LogP contribution < -0.4 is 10.6 Å². The number of urea groups is 1. The van der Waals surface area contributed by atoms with Gasteiger partial charge in [0.2, 0.25) is 0 Å². The normalized spacial score (nSPS) is 10.6. The second-order valence-corrected chi connectivity index (χ2v) is 4.99. The molecule has 2 aromatic rings. The first-order valence-electron chi connectivity index (χ1n) is 6.82. The monoisotopic (exact) mass is 320 g/mol. The number of carbonyl (C=O) groups excluding carboxylic acids is 3. The molecule has 0 aliphatic heterocycles. The molecule has 0 saturated heterocycles. The zero-order valence-electron chi connectivity index (χ0n) is 12.9. The summed E-state index contributed by atoms with van der Waals surface area (Å²) in [6.45, 7) is 4.65. The first-order valence-corrected chi connectivity index (χ1v) is 6.82. The van der Waals surface area contributed by atoms with Crippen molar-refractivity contribution in [2.45, 2.75) is 26.8 Å². The van der Waals surface area contributed by atoms with Crippen LogP contribution in [0.2, 0.25) is 0 Å². The Morgan fingerprint density at radius 1 is 1.35 bits per heavy atom. The van der Waals surface area contributed by atoms with Crippen LogP contribution in [-0.4, -0.2) is 50.1 Å². The molecule has 0 aliphatic rings. The highest BCUT2D eigenvalue weighted by atomic mass is 16.5. The Kier molecular flexibility index (Phi) is 4.84. The molecule has 2 aromatic heterocycles. The smallest absolute Gasteiger partial charge is 0.378 e. The number of nitrogens with zero attached hydrogens (tertiary/aromatic N) is 4. The standard InChI is InChI=1S/C13H16N6O4/c1-7(2)15-13(22)16-9(20)6-23-11(21)10-17-12-14-5-4-8(3)19(12)18-10/h4-5,7H,6H2,1-3H3,(H2,15,16,20,22). The summed E-state index contributed by atoms with van der Waals surface area (Å²) in [6, 6.07) is 0.924. The molecule has 0 aromatic carbocycles. The molecule has 0 saturated carbocycles. The zero-order chi connectivity index (χ0) is 17.0. The first kappa shape index (κ1) is 16.3. The Morgan fingerprint density at radius 3 is 2.74 bits per heavy atom. The van der Waals surface area contributed by atoms with E-state index in [1.165, 1.54) is 10.7 Å². The van der Waals surface area contributed by atoms with Crippen LogP contribution in [0, 0.1) is 6.92 Å². The largest absolute Gasteiger partial charge is 0.450 e. The molecule has 0 unspecified atom stereocenters. The third-order valence-electron chi connectivity index (χ3n) is 2.62. The van der Waals surface area contributed by atoms with Gasteiger partial charge in [-0.25, -0.2) is 19.1 Å². The van der Waals surface area contributed by atoms with E-state index in [0.29, 0.717) is 0 Å². The molecule has 0 fully saturated rings. The SMILES string of the molecule is Cc1ccnc2nc(C(=O)OCC(=O)NC(=O)NC(C)C)nn12. The molecule has 10 nitrogen and oxygen atoms in total. The molecule has 0 radical (unpaired) electrons. The summed E-state index contributed by atoms with van der Waals surface area (Å²) >= 11 is 0. The summed E-state index contributed by atoms with van der Waals surface area (Å²) in [4.78, 5) is 42.5. The fourth-order valence-corrected chi connectivity index (χ4v) is 1.65. The predicted octanol–water partition coefficient (Wildman–Crippen LogP) is -0.176. The van der Waals surface area contributed by atoms with E-state index in [1.807, 2.05) is 5.32 Å². The molecule has 122 valence electrons. The Morgan fingerprint density at radius 2 is 2.09 bits per heavy atom. The van der Waals surface area contributed by atoms with Crippen molar-refractivity contribution in [3.05, 3.63) is 23.8 Å². The van der Waals surface area contributed by atoms with Gasteiger partial charge in [0.1, 0.15) is 0 Å². The number of esters is 1. The van der Waals surface area contributed by atoms with E-state index in [-0.39, 0.29) is 17.6 Å². The second-order valence-electron chi connectivity index (χ2n) is 4.99. The van der Waals surface area contributed by atoms with Gasteiger partial charge >= 0.3 is 12.0 Å². The highest BCUT2D eigenvalue weighted by molar-refractivity contribution is 5.96. The van der Waals surface area contributed by atoms with E-state index in [9.17, 15) is 14.4 Å². The van der Waals surface area contributed by atoms with E-state index in [2.05, 4.69) is 20.4 Å². The molecule has 0 spiro atoms. The summed E-state index contributed by atoms with van der Waals surface area (Å²) in [5.74, 6) is -1.60. The van der Waals surface area contributed by atoms with Crippen molar-refractivity contribution in [2.24, 2.45) is 0 Å². The van der Waals surface area contributed by atoms with Crippen molar-refractivity contribution >= 4 is 23.7 Å². The summed E-state index contributed by atoms with van der Waals surface area (Å²) in [5, 5.41) is 8.45. The van der Waals surface area contributed by atoms with Gasteiger partial charge in [0.25, 0.3) is 17.5 Å². The van der Waals surface area contributed by atoms with Crippen LogP contribution in [0.25, 0.3) is 5.78 Å². The zero-order valence-corrected chi connectivity index (χ0v) is 12.9. The lowest BCUT2D eigenvalue weighted by Crippen LogP contribution is -2.44. The van der Waals surface area contributed by atoms with E-state index >= 15 is 0 Å². The van der Waals surface area contributed by atoms with E-state index in [1.54, 1.807) is 26.8 Å². The van der Waals surface area contributed by atoms with E-state index in [0.717, 1.165) is 5.69 Å². The molecule has 10 heteroatoms. The maximum Gasteiger partial charge on any atom is 0.378 e. The van der Waals surface area contributed by atoms with E-state index in [4.69, 9.17) is 4.74 Å². The van der Waals surface area contributed by atoms with Crippen molar-refractivity contribution in [1.82, 2.24) is 30.2 Å². The highest BCUT2D eigenvalue weighted by Gasteiger charge is 2.18. The minimum atomic E-state index is -0.880. The van der Waals surface area contributed by atoms with Gasteiger partial charge in [-0.15, -0.1) is 5.10 Å². The van der Waals surface area contributed by atoms with Crippen LogP contribution in [0.1, 0.15) is 30.2 Å². The summed E-state index contributed by atoms with van der Waals surface area (Å²) < 4.78 is 6.15. The summed E-state index contributed by atoms with van der Waals surface area (Å²) in [5.41, 5.74) is 0.740. The van der Waals surface area contributed by atoms with Crippen LogP contribution >= 0.6 is 0 Å².